The van der Waals surface area contributed by atoms with Crippen molar-refractivity contribution < 1.29 is 55.8 Å². The van der Waals surface area contributed by atoms with Gasteiger partial charge in [-0.05, 0) is 24.3 Å². The van der Waals surface area contributed by atoms with Gasteiger partial charge >= 0.3 is 17.1 Å². The van der Waals surface area contributed by atoms with Crippen LogP contribution in [0.2, 0.25) is 0 Å². The van der Waals surface area contributed by atoms with Crippen molar-refractivity contribution in [3.05, 3.63) is 47.5 Å². The number of aromatic carboxylic acids is 2. The summed E-state index contributed by atoms with van der Waals surface area (Å²) in [4.78, 5) is 21.2. The third kappa shape index (κ3) is 6.09. The van der Waals surface area contributed by atoms with Crippen molar-refractivity contribution in [2.75, 3.05) is 28.4 Å². The first-order chi connectivity index (χ1) is 12.4. The molecule has 0 spiro atoms. The maximum atomic E-state index is 10.6. The van der Waals surface area contributed by atoms with Crippen molar-refractivity contribution >= 4 is 11.9 Å². The molecule has 0 amide bonds. The number of ether oxygens (including phenoxy) is 4. The summed E-state index contributed by atoms with van der Waals surface area (Å²) in [7, 11) is 5.64. The summed E-state index contributed by atoms with van der Waals surface area (Å²) in [6.07, 6.45) is 0. The number of hydrogen-bond donors (Lipinski definition) is 0. The second-order valence-corrected chi connectivity index (χ2v) is 4.66. The molecule has 0 aromatic heterocycles. The molecule has 0 saturated heterocycles. The fourth-order valence-electron chi connectivity index (χ4n) is 2.10. The van der Waals surface area contributed by atoms with Crippen LogP contribution in [0.15, 0.2) is 36.4 Å². The van der Waals surface area contributed by atoms with Gasteiger partial charge in [-0.2, -0.15) is 0 Å². The zero-order chi connectivity index (χ0) is 19.7. The van der Waals surface area contributed by atoms with Crippen LogP contribution in [0.5, 0.6) is 23.0 Å². The van der Waals surface area contributed by atoms with E-state index in [4.69, 9.17) is 18.9 Å². The Bertz CT molecular complexity index is 710. The molecule has 0 atom stereocenters. The van der Waals surface area contributed by atoms with Crippen LogP contribution in [0.4, 0.5) is 0 Å². The molecule has 27 heavy (non-hydrogen) atoms. The SMILES string of the molecule is COc1cccc(C(=O)[O-])c1OC.COc1cccc(C(=O)[O-])c1OC.[Cu+2]. The Labute approximate surface area is 167 Å². The first-order valence-corrected chi connectivity index (χ1v) is 7.25. The second kappa shape index (κ2) is 11.7. The van der Waals surface area contributed by atoms with Crippen LogP contribution in [0.3, 0.4) is 0 Å². The Hall–Kier alpha value is -2.90. The molecule has 0 fully saturated rings. The number of carboxylic acid groups (broad SMARTS) is 2. The van der Waals surface area contributed by atoms with Gasteiger partial charge in [-0.25, -0.2) is 0 Å². The smallest absolute Gasteiger partial charge is 0.545 e. The van der Waals surface area contributed by atoms with Crippen molar-refractivity contribution in [2.45, 2.75) is 0 Å². The summed E-state index contributed by atoms with van der Waals surface area (Å²) in [6, 6.07) is 9.16. The van der Waals surface area contributed by atoms with Gasteiger partial charge in [0.2, 0.25) is 0 Å². The largest absolute Gasteiger partial charge is 2.00 e. The summed E-state index contributed by atoms with van der Waals surface area (Å²) in [6.45, 7) is 0. The second-order valence-electron chi connectivity index (χ2n) is 4.66. The van der Waals surface area contributed by atoms with Gasteiger partial charge in [-0.15, -0.1) is 0 Å². The minimum absolute atomic E-state index is 0. The third-order valence-corrected chi connectivity index (χ3v) is 3.25. The van der Waals surface area contributed by atoms with Gasteiger partial charge in [0, 0.05) is 11.1 Å². The molecule has 0 N–H and O–H groups in total. The number of carbonyl (C=O) groups excluding carboxylic acids is 2. The van der Waals surface area contributed by atoms with Crippen molar-refractivity contribution in [1.82, 2.24) is 0 Å². The van der Waals surface area contributed by atoms with Crippen molar-refractivity contribution in [2.24, 2.45) is 0 Å². The van der Waals surface area contributed by atoms with Crippen molar-refractivity contribution in [3.63, 3.8) is 0 Å². The fraction of sp³-hybridized carbons (Fsp3) is 0.222. The standard InChI is InChI=1S/2C9H10O4.Cu/c2*1-12-7-5-3-4-6(9(10)11)8(7)13-2;/h2*3-5H,1-2H3,(H,10,11);/q;;+2/p-2. The van der Waals surface area contributed by atoms with Crippen LogP contribution in [-0.2, 0) is 17.1 Å². The molecule has 0 bridgehead atoms. The molecule has 8 nitrogen and oxygen atoms in total. The topological polar surface area (TPSA) is 117 Å². The minimum atomic E-state index is -1.28. The van der Waals surface area contributed by atoms with Gasteiger partial charge in [0.05, 0.1) is 40.4 Å². The van der Waals surface area contributed by atoms with E-state index in [0.29, 0.717) is 11.5 Å². The van der Waals surface area contributed by atoms with E-state index >= 15 is 0 Å². The molecule has 0 aliphatic heterocycles. The molecule has 149 valence electrons. The van der Waals surface area contributed by atoms with Crippen molar-refractivity contribution in [3.8, 4) is 23.0 Å². The summed E-state index contributed by atoms with van der Waals surface area (Å²) in [5, 5.41) is 21.2. The molecule has 0 unspecified atom stereocenters. The molecule has 2 aromatic carbocycles. The van der Waals surface area contributed by atoms with E-state index in [1.165, 1.54) is 40.6 Å². The monoisotopic (exact) mass is 425 g/mol. The van der Waals surface area contributed by atoms with E-state index in [2.05, 4.69) is 0 Å². The van der Waals surface area contributed by atoms with Gasteiger partial charge in [-0.3, -0.25) is 0 Å². The first kappa shape index (κ1) is 24.1. The molecular formula is C18H18CuO8. The Morgan fingerprint density at radius 1 is 0.667 bits per heavy atom. The number of carboxylic acids is 2. The molecule has 0 saturated carbocycles. The molecule has 9 heteroatoms. The molecule has 0 aliphatic rings. The van der Waals surface area contributed by atoms with Gasteiger partial charge in [-0.1, -0.05) is 12.1 Å². The van der Waals surface area contributed by atoms with Crippen LogP contribution in [0.1, 0.15) is 20.7 Å². The molecule has 1 radical (unpaired) electrons. The predicted molar refractivity (Wildman–Crippen MR) is 87.8 cm³/mol. The Kier molecular flexibility index (Phi) is 10.4. The Morgan fingerprint density at radius 2 is 1.00 bits per heavy atom. The third-order valence-electron chi connectivity index (χ3n) is 3.25. The average Bonchev–Trinajstić information content (AvgIpc) is 2.66. The summed E-state index contributed by atoms with van der Waals surface area (Å²) in [5.41, 5.74) is -0.0244. The number of carbonyl (C=O) groups is 2. The number of benzene rings is 2. The van der Waals surface area contributed by atoms with E-state index in [1.54, 1.807) is 24.3 Å². The molecule has 0 aliphatic carbocycles. The van der Waals surface area contributed by atoms with Crippen LogP contribution >= 0.6 is 0 Å². The van der Waals surface area contributed by atoms with Crippen LogP contribution < -0.4 is 29.2 Å². The fourth-order valence-corrected chi connectivity index (χ4v) is 2.10. The van der Waals surface area contributed by atoms with Crippen LogP contribution in [0, 0.1) is 0 Å². The molecule has 2 rings (SSSR count). The zero-order valence-corrected chi connectivity index (χ0v) is 16.0. The summed E-state index contributed by atoms with van der Waals surface area (Å²) in [5.74, 6) is -1.44. The normalized spacial score (nSPS) is 9.04. The number of hydrogen-bond acceptors (Lipinski definition) is 8. The minimum Gasteiger partial charge on any atom is -0.545 e. The number of rotatable bonds is 6. The maximum absolute atomic E-state index is 10.6. The van der Waals surface area contributed by atoms with E-state index in [0.717, 1.165) is 0 Å². The number of methoxy groups -OCH3 is 4. The van der Waals surface area contributed by atoms with Crippen LogP contribution in [0.25, 0.3) is 0 Å². The van der Waals surface area contributed by atoms with E-state index in [9.17, 15) is 19.8 Å². The zero-order valence-electron chi connectivity index (χ0n) is 15.0. The summed E-state index contributed by atoms with van der Waals surface area (Å²) >= 11 is 0. The molecule has 2 aromatic rings. The maximum Gasteiger partial charge on any atom is 2.00 e. The van der Waals surface area contributed by atoms with E-state index < -0.39 is 11.9 Å². The molecular weight excluding hydrogens is 408 g/mol. The average molecular weight is 426 g/mol. The molecule has 0 heterocycles. The first-order valence-electron chi connectivity index (χ1n) is 7.25. The Balaban J connectivity index is 0.000000483. The van der Waals surface area contributed by atoms with Gasteiger partial charge < -0.3 is 38.7 Å². The quantitative estimate of drug-likeness (QED) is 0.599. The van der Waals surface area contributed by atoms with Gasteiger partial charge in [0.1, 0.15) is 0 Å². The van der Waals surface area contributed by atoms with Gasteiger partial charge in [0.15, 0.2) is 23.0 Å². The van der Waals surface area contributed by atoms with Crippen LogP contribution in [-0.4, -0.2) is 40.4 Å². The predicted octanol–water partition coefficient (Wildman–Crippen LogP) is 0.132. The number of para-hydroxylation sites is 2. The Morgan fingerprint density at radius 3 is 1.22 bits per heavy atom. The van der Waals surface area contributed by atoms with E-state index in [-0.39, 0.29) is 39.7 Å². The van der Waals surface area contributed by atoms with Crippen molar-refractivity contribution in [1.29, 1.82) is 0 Å². The van der Waals surface area contributed by atoms with Gasteiger partial charge in [0.25, 0.3) is 0 Å². The van der Waals surface area contributed by atoms with E-state index in [1.807, 2.05) is 0 Å². The summed E-state index contributed by atoms with van der Waals surface area (Å²) < 4.78 is 19.6.